The molecule has 0 saturated carbocycles. The third-order valence-corrected chi connectivity index (χ3v) is 10.5. The highest BCUT2D eigenvalue weighted by molar-refractivity contribution is 7.98. The van der Waals surface area contributed by atoms with Crippen LogP contribution in [0.3, 0.4) is 0 Å². The lowest BCUT2D eigenvalue weighted by Crippen LogP contribution is -2.25. The van der Waals surface area contributed by atoms with Gasteiger partial charge >= 0.3 is 5.97 Å². The highest BCUT2D eigenvalue weighted by Crippen LogP contribution is 2.43. The van der Waals surface area contributed by atoms with Gasteiger partial charge in [0.15, 0.2) is 0 Å². The maximum Gasteiger partial charge on any atom is 0.354 e. The summed E-state index contributed by atoms with van der Waals surface area (Å²) in [6.45, 7) is 4.11. The van der Waals surface area contributed by atoms with E-state index in [0.717, 1.165) is 43.8 Å². The molecule has 2 aromatic heterocycles. The first-order valence-electron chi connectivity index (χ1n) is 16.9. The minimum Gasteiger partial charge on any atom is -0.497 e. The molecule has 0 unspecified atom stereocenters. The van der Waals surface area contributed by atoms with Crippen LogP contribution in [-0.4, -0.2) is 59.2 Å². The standard InChI is InChI=1S/C40H41ClN4O6S/c1-24-36-32(16-15-31(41)38(36)37-25(2)43-45(33(37)22-46)21-35(47)42-3)44(39(24)40(48)50-5)17-8-18-51-34-20-29(19-27-9-6-7-10-30(27)34)52-23-26-11-13-28(49-4)14-12-26/h6-7,9-16,19-20,46H,8,17-18,21-23H2,1-5H3,(H,42,47). The fourth-order valence-electron chi connectivity index (χ4n) is 6.65. The molecule has 0 atom stereocenters. The number of carbonyl (C=O) groups is 2. The van der Waals surface area contributed by atoms with E-state index in [1.54, 1.807) is 32.0 Å². The molecule has 4 aromatic carbocycles. The molecule has 2 heterocycles. The molecule has 10 nitrogen and oxygen atoms in total. The van der Waals surface area contributed by atoms with E-state index in [1.165, 1.54) is 17.4 Å². The number of methoxy groups -OCH3 is 2. The number of aliphatic hydroxyl groups excluding tert-OH is 1. The Hall–Kier alpha value is -4.97. The summed E-state index contributed by atoms with van der Waals surface area (Å²) in [7, 11) is 4.57. The molecule has 6 rings (SSSR count). The summed E-state index contributed by atoms with van der Waals surface area (Å²) < 4.78 is 20.5. The number of rotatable bonds is 14. The average Bonchev–Trinajstić information content (AvgIpc) is 3.63. The smallest absolute Gasteiger partial charge is 0.354 e. The number of hydrogen-bond acceptors (Lipinski definition) is 8. The number of carbonyl (C=O) groups excluding carboxylic acids is 2. The third kappa shape index (κ3) is 7.34. The molecule has 2 N–H and O–H groups in total. The highest BCUT2D eigenvalue weighted by Gasteiger charge is 2.28. The molecule has 0 radical (unpaired) electrons. The Morgan fingerprint density at radius 1 is 1.00 bits per heavy atom. The van der Waals surface area contributed by atoms with Crippen molar-refractivity contribution in [3.63, 3.8) is 0 Å². The second kappa shape index (κ2) is 16.1. The number of nitrogens with one attached hydrogen (secondary N) is 1. The van der Waals surface area contributed by atoms with Crippen molar-refractivity contribution in [3.8, 4) is 22.6 Å². The molecule has 0 aliphatic carbocycles. The Morgan fingerprint density at radius 3 is 2.48 bits per heavy atom. The van der Waals surface area contributed by atoms with Gasteiger partial charge in [0.05, 0.1) is 38.8 Å². The van der Waals surface area contributed by atoms with Crippen molar-refractivity contribution in [3.05, 3.63) is 106 Å². The minimum absolute atomic E-state index is 0.0617. The van der Waals surface area contributed by atoms with Gasteiger partial charge < -0.3 is 29.2 Å². The Balaban J connectivity index is 1.29. The number of likely N-dealkylation sites (N-methyl/N-ethyl adjacent to an activating group) is 1. The lowest BCUT2D eigenvalue weighted by atomic mass is 9.97. The third-order valence-electron chi connectivity index (χ3n) is 9.15. The summed E-state index contributed by atoms with van der Waals surface area (Å²) in [5, 5.41) is 20.9. The first-order chi connectivity index (χ1) is 25.2. The molecule has 0 aliphatic rings. The Kier molecular flexibility index (Phi) is 11.4. The van der Waals surface area contributed by atoms with Gasteiger partial charge in [-0.25, -0.2) is 4.79 Å². The molecule has 0 spiro atoms. The summed E-state index contributed by atoms with van der Waals surface area (Å²) in [6.07, 6.45) is 0.591. The van der Waals surface area contributed by atoms with E-state index < -0.39 is 5.97 Å². The number of aliphatic hydroxyl groups is 1. The van der Waals surface area contributed by atoms with E-state index in [-0.39, 0.29) is 19.1 Å². The molecule has 0 aliphatic heterocycles. The first kappa shape index (κ1) is 36.8. The Morgan fingerprint density at radius 2 is 1.77 bits per heavy atom. The summed E-state index contributed by atoms with van der Waals surface area (Å²) in [5.41, 5.74) is 5.38. The van der Waals surface area contributed by atoms with Crippen molar-refractivity contribution in [2.45, 2.75) is 50.6 Å². The largest absolute Gasteiger partial charge is 0.497 e. The number of amides is 1. The Labute approximate surface area is 311 Å². The van der Waals surface area contributed by atoms with E-state index in [9.17, 15) is 14.7 Å². The molecule has 0 saturated heterocycles. The van der Waals surface area contributed by atoms with Gasteiger partial charge in [-0.05, 0) is 73.2 Å². The van der Waals surface area contributed by atoms with Crippen LogP contribution in [0.4, 0.5) is 0 Å². The maximum absolute atomic E-state index is 13.3. The minimum atomic E-state index is -0.473. The lowest BCUT2D eigenvalue weighted by molar-refractivity contribution is -0.121. The van der Waals surface area contributed by atoms with Crippen molar-refractivity contribution in [2.75, 3.05) is 27.9 Å². The molecular weight excluding hydrogens is 700 g/mol. The zero-order chi connectivity index (χ0) is 36.9. The van der Waals surface area contributed by atoms with Crippen molar-refractivity contribution in [2.24, 2.45) is 0 Å². The molecule has 270 valence electrons. The van der Waals surface area contributed by atoms with Gasteiger partial charge in [-0.3, -0.25) is 9.48 Å². The van der Waals surface area contributed by atoms with Gasteiger partial charge in [-0.2, -0.15) is 5.10 Å². The van der Waals surface area contributed by atoms with Gasteiger partial charge in [-0.15, -0.1) is 11.8 Å². The van der Waals surface area contributed by atoms with Crippen LogP contribution < -0.4 is 14.8 Å². The van der Waals surface area contributed by atoms with Crippen molar-refractivity contribution in [1.29, 1.82) is 0 Å². The lowest BCUT2D eigenvalue weighted by Gasteiger charge is -2.14. The zero-order valence-corrected chi connectivity index (χ0v) is 31.4. The monoisotopic (exact) mass is 740 g/mol. The van der Waals surface area contributed by atoms with Crippen LogP contribution >= 0.6 is 23.4 Å². The van der Waals surface area contributed by atoms with Gasteiger partial charge in [0.1, 0.15) is 23.7 Å². The van der Waals surface area contributed by atoms with Gasteiger partial charge in [0.25, 0.3) is 0 Å². The number of thioether (sulfide) groups is 1. The van der Waals surface area contributed by atoms with Crippen LogP contribution in [0.15, 0.2) is 77.7 Å². The van der Waals surface area contributed by atoms with E-state index in [0.29, 0.717) is 58.4 Å². The number of nitrogens with zero attached hydrogens (tertiary/aromatic N) is 3. The van der Waals surface area contributed by atoms with Gasteiger partial charge in [0.2, 0.25) is 5.91 Å². The van der Waals surface area contributed by atoms with Crippen molar-refractivity contribution >= 4 is 56.9 Å². The normalized spacial score (nSPS) is 11.3. The van der Waals surface area contributed by atoms with E-state index >= 15 is 0 Å². The number of aromatic nitrogens is 3. The second-order valence-corrected chi connectivity index (χ2v) is 13.8. The predicted octanol–water partition coefficient (Wildman–Crippen LogP) is 7.72. The fraction of sp³-hybridized carbons (Fsp3) is 0.275. The second-order valence-electron chi connectivity index (χ2n) is 12.3. The number of ether oxygens (including phenoxy) is 3. The summed E-state index contributed by atoms with van der Waals surface area (Å²) in [6, 6.07) is 24.2. The van der Waals surface area contributed by atoms with Crippen LogP contribution in [-0.2, 0) is 35.0 Å². The number of fused-ring (bicyclic) bond motifs is 2. The van der Waals surface area contributed by atoms with E-state index in [1.807, 2.05) is 48.7 Å². The molecule has 0 fully saturated rings. The van der Waals surface area contributed by atoms with Crippen LogP contribution in [0.25, 0.3) is 32.8 Å². The number of halogens is 1. The number of aryl methyl sites for hydroxylation is 3. The SMILES string of the molecule is CNC(=O)Cn1nc(C)c(-c2c(Cl)ccc3c2c(C)c(C(=O)OC)n3CCCOc2cc(SCc3ccc(OC)cc3)cc3ccccc23)c1CO. The summed E-state index contributed by atoms with van der Waals surface area (Å²) in [4.78, 5) is 26.7. The molecule has 52 heavy (non-hydrogen) atoms. The Bertz CT molecular complexity index is 2260. The van der Waals surface area contributed by atoms with E-state index in [4.69, 9.17) is 25.8 Å². The number of benzene rings is 4. The van der Waals surface area contributed by atoms with Crippen LogP contribution in [0.5, 0.6) is 11.5 Å². The predicted molar refractivity (Wildman–Crippen MR) is 206 cm³/mol. The first-order valence-corrected chi connectivity index (χ1v) is 18.2. The van der Waals surface area contributed by atoms with Crippen molar-refractivity contribution < 1.29 is 28.9 Å². The highest BCUT2D eigenvalue weighted by atomic mass is 35.5. The van der Waals surface area contributed by atoms with Crippen LogP contribution in [0.1, 0.15) is 39.4 Å². The zero-order valence-electron chi connectivity index (χ0n) is 29.8. The van der Waals surface area contributed by atoms with Gasteiger partial charge in [0, 0.05) is 56.7 Å². The quantitative estimate of drug-likeness (QED) is 0.0663. The average molecular weight is 741 g/mol. The summed E-state index contributed by atoms with van der Waals surface area (Å²) in [5.74, 6) is 1.71. The molecule has 1 amide bonds. The number of esters is 1. The summed E-state index contributed by atoms with van der Waals surface area (Å²) >= 11 is 8.65. The fourth-order valence-corrected chi connectivity index (χ4v) is 7.83. The van der Waals surface area contributed by atoms with Crippen LogP contribution in [0.2, 0.25) is 5.02 Å². The molecule has 6 aromatic rings. The molecule has 12 heteroatoms. The topological polar surface area (TPSA) is 117 Å². The van der Waals surface area contributed by atoms with E-state index in [2.05, 4.69) is 46.8 Å². The van der Waals surface area contributed by atoms with Crippen molar-refractivity contribution in [1.82, 2.24) is 19.7 Å². The number of hydrogen-bond donors (Lipinski definition) is 2. The van der Waals surface area contributed by atoms with Gasteiger partial charge in [-0.1, -0.05) is 48.0 Å². The molecule has 0 bridgehead atoms. The maximum atomic E-state index is 13.3. The molecular formula is C40H41ClN4O6S. The van der Waals surface area contributed by atoms with Crippen LogP contribution in [0, 0.1) is 13.8 Å².